The van der Waals surface area contributed by atoms with E-state index >= 15 is 0 Å². The monoisotopic (exact) mass is 264 g/mol. The molecule has 1 saturated carbocycles. The summed E-state index contributed by atoms with van der Waals surface area (Å²) < 4.78 is 5.42. The van der Waals surface area contributed by atoms with Crippen LogP contribution in [0.25, 0.3) is 0 Å². The zero-order valence-electron chi connectivity index (χ0n) is 10.8. The van der Waals surface area contributed by atoms with Crippen molar-refractivity contribution in [3.63, 3.8) is 0 Å². The quantitative estimate of drug-likeness (QED) is 0.639. The zero-order valence-corrected chi connectivity index (χ0v) is 10.8. The number of carbonyl (C=O) groups is 1. The topological polar surface area (TPSA) is 84.6 Å². The SMILES string of the molecule is Nc1ccc(OCCC(=O)NCC(O)C2CC2)cc1. The molecule has 4 N–H and O–H groups in total. The maximum Gasteiger partial charge on any atom is 0.223 e. The van der Waals surface area contributed by atoms with Crippen LogP contribution in [0, 0.1) is 5.92 Å². The fourth-order valence-electron chi connectivity index (χ4n) is 1.78. The zero-order chi connectivity index (χ0) is 13.7. The van der Waals surface area contributed by atoms with Crippen molar-refractivity contribution in [1.29, 1.82) is 0 Å². The highest BCUT2D eigenvalue weighted by atomic mass is 16.5. The number of aliphatic hydroxyl groups is 1. The summed E-state index contributed by atoms with van der Waals surface area (Å²) in [4.78, 5) is 11.5. The highest BCUT2D eigenvalue weighted by Crippen LogP contribution is 2.32. The minimum absolute atomic E-state index is 0.102. The predicted octanol–water partition coefficient (Wildman–Crippen LogP) is 0.925. The lowest BCUT2D eigenvalue weighted by Crippen LogP contribution is -2.33. The van der Waals surface area contributed by atoms with E-state index in [0.717, 1.165) is 12.8 Å². The molecule has 5 heteroatoms. The van der Waals surface area contributed by atoms with Gasteiger partial charge in [-0.25, -0.2) is 0 Å². The Morgan fingerprint density at radius 3 is 2.74 bits per heavy atom. The van der Waals surface area contributed by atoms with Gasteiger partial charge in [0.15, 0.2) is 0 Å². The summed E-state index contributed by atoms with van der Waals surface area (Å²) in [7, 11) is 0. The fourth-order valence-corrected chi connectivity index (χ4v) is 1.78. The van der Waals surface area contributed by atoms with Gasteiger partial charge < -0.3 is 20.9 Å². The molecule has 0 bridgehead atoms. The van der Waals surface area contributed by atoms with Crippen LogP contribution in [0.1, 0.15) is 19.3 Å². The standard InChI is InChI=1S/C14H20N2O3/c15-11-3-5-12(6-4-11)19-8-7-14(18)16-9-13(17)10-1-2-10/h3-6,10,13,17H,1-2,7-9,15H2,(H,16,18). The molecule has 0 heterocycles. The van der Waals surface area contributed by atoms with Crippen LogP contribution in [0.2, 0.25) is 0 Å². The Hall–Kier alpha value is -1.75. The smallest absolute Gasteiger partial charge is 0.223 e. The summed E-state index contributed by atoms with van der Waals surface area (Å²) in [6.07, 6.45) is 2.01. The van der Waals surface area contributed by atoms with Crippen molar-refractivity contribution >= 4 is 11.6 Å². The normalized spacial score (nSPS) is 15.8. The highest BCUT2D eigenvalue weighted by Gasteiger charge is 2.29. The van der Waals surface area contributed by atoms with Gasteiger partial charge in [-0.3, -0.25) is 4.79 Å². The van der Waals surface area contributed by atoms with Gasteiger partial charge in [0.25, 0.3) is 0 Å². The number of rotatable bonds is 7. The number of anilines is 1. The molecule has 0 radical (unpaired) electrons. The van der Waals surface area contributed by atoms with E-state index in [9.17, 15) is 9.90 Å². The number of carbonyl (C=O) groups excluding carboxylic acids is 1. The summed E-state index contributed by atoms with van der Waals surface area (Å²) in [5.41, 5.74) is 6.24. The van der Waals surface area contributed by atoms with E-state index in [4.69, 9.17) is 10.5 Å². The van der Waals surface area contributed by atoms with E-state index in [0.29, 0.717) is 30.5 Å². The number of benzene rings is 1. The van der Waals surface area contributed by atoms with Crippen molar-refractivity contribution in [1.82, 2.24) is 5.32 Å². The molecule has 1 amide bonds. The van der Waals surface area contributed by atoms with Gasteiger partial charge in [-0.2, -0.15) is 0 Å². The summed E-state index contributed by atoms with van der Waals surface area (Å²) in [5.74, 6) is 0.974. The predicted molar refractivity (Wildman–Crippen MR) is 72.7 cm³/mol. The molecule has 0 spiro atoms. The Morgan fingerprint density at radius 1 is 1.42 bits per heavy atom. The molecule has 1 aromatic carbocycles. The van der Waals surface area contributed by atoms with E-state index in [1.807, 2.05) is 0 Å². The lowest BCUT2D eigenvalue weighted by atomic mass is 10.2. The number of nitrogen functional groups attached to an aromatic ring is 1. The van der Waals surface area contributed by atoms with Crippen LogP contribution >= 0.6 is 0 Å². The Labute approximate surface area is 112 Å². The minimum atomic E-state index is -0.401. The molecule has 0 aromatic heterocycles. The van der Waals surface area contributed by atoms with Crippen LogP contribution in [-0.4, -0.2) is 30.3 Å². The third kappa shape index (κ3) is 4.79. The molecular weight excluding hydrogens is 244 g/mol. The molecule has 0 saturated heterocycles. The third-order valence-electron chi connectivity index (χ3n) is 3.15. The lowest BCUT2D eigenvalue weighted by molar-refractivity contribution is -0.122. The number of aliphatic hydroxyl groups excluding tert-OH is 1. The Balaban J connectivity index is 1.59. The maximum atomic E-state index is 11.5. The van der Waals surface area contributed by atoms with Crippen LogP contribution in [0.3, 0.4) is 0 Å². The van der Waals surface area contributed by atoms with Gasteiger partial charge in [-0.05, 0) is 43.0 Å². The number of amides is 1. The summed E-state index contributed by atoms with van der Waals surface area (Å²) >= 11 is 0. The van der Waals surface area contributed by atoms with E-state index in [1.165, 1.54) is 0 Å². The average molecular weight is 264 g/mol. The molecule has 2 rings (SSSR count). The number of nitrogens with two attached hydrogens (primary N) is 1. The molecule has 0 aliphatic heterocycles. The number of nitrogens with one attached hydrogen (secondary N) is 1. The van der Waals surface area contributed by atoms with Gasteiger partial charge in [0, 0.05) is 12.2 Å². The van der Waals surface area contributed by atoms with Crippen LogP contribution in [0.5, 0.6) is 5.75 Å². The molecule has 1 aromatic rings. The number of hydrogen-bond donors (Lipinski definition) is 3. The van der Waals surface area contributed by atoms with Crippen molar-refractivity contribution in [3.05, 3.63) is 24.3 Å². The second kappa shape index (κ2) is 6.43. The molecule has 1 aliphatic rings. The third-order valence-corrected chi connectivity index (χ3v) is 3.15. The van der Waals surface area contributed by atoms with Gasteiger partial charge >= 0.3 is 0 Å². The van der Waals surface area contributed by atoms with Gasteiger partial charge in [-0.15, -0.1) is 0 Å². The molecule has 19 heavy (non-hydrogen) atoms. The van der Waals surface area contributed by atoms with Gasteiger partial charge in [0.2, 0.25) is 5.91 Å². The van der Waals surface area contributed by atoms with Gasteiger partial charge in [0.1, 0.15) is 5.75 Å². The molecule has 1 aliphatic carbocycles. The van der Waals surface area contributed by atoms with Crippen molar-refractivity contribution in [2.24, 2.45) is 5.92 Å². The number of ether oxygens (including phenoxy) is 1. The van der Waals surface area contributed by atoms with Crippen LogP contribution in [-0.2, 0) is 4.79 Å². The molecule has 5 nitrogen and oxygen atoms in total. The van der Waals surface area contributed by atoms with Crippen molar-refractivity contribution in [2.45, 2.75) is 25.4 Å². The first-order valence-electron chi connectivity index (χ1n) is 6.58. The van der Waals surface area contributed by atoms with E-state index in [-0.39, 0.29) is 12.3 Å². The molecule has 104 valence electrons. The number of hydrogen-bond acceptors (Lipinski definition) is 4. The largest absolute Gasteiger partial charge is 0.493 e. The summed E-state index contributed by atoms with van der Waals surface area (Å²) in [5, 5.41) is 12.3. The van der Waals surface area contributed by atoms with E-state index < -0.39 is 6.10 Å². The van der Waals surface area contributed by atoms with E-state index in [1.54, 1.807) is 24.3 Å². The van der Waals surface area contributed by atoms with Crippen molar-refractivity contribution in [2.75, 3.05) is 18.9 Å². The molecule has 1 atom stereocenters. The fraction of sp³-hybridized carbons (Fsp3) is 0.500. The Kier molecular flexibility index (Phi) is 4.63. The summed E-state index contributed by atoms with van der Waals surface area (Å²) in [6.45, 7) is 0.653. The van der Waals surface area contributed by atoms with Gasteiger partial charge in [-0.1, -0.05) is 0 Å². The van der Waals surface area contributed by atoms with E-state index in [2.05, 4.69) is 5.32 Å². The Morgan fingerprint density at radius 2 is 2.11 bits per heavy atom. The molecule has 1 unspecified atom stereocenters. The minimum Gasteiger partial charge on any atom is -0.493 e. The van der Waals surface area contributed by atoms with Gasteiger partial charge in [0.05, 0.1) is 19.1 Å². The average Bonchev–Trinajstić information content (AvgIpc) is 3.23. The van der Waals surface area contributed by atoms with Crippen LogP contribution < -0.4 is 15.8 Å². The molecular formula is C14H20N2O3. The molecule has 1 fully saturated rings. The van der Waals surface area contributed by atoms with Crippen LogP contribution in [0.4, 0.5) is 5.69 Å². The second-order valence-corrected chi connectivity index (χ2v) is 4.88. The van der Waals surface area contributed by atoms with Crippen molar-refractivity contribution in [3.8, 4) is 5.75 Å². The lowest BCUT2D eigenvalue weighted by Gasteiger charge is -2.11. The first kappa shape index (κ1) is 13.7. The van der Waals surface area contributed by atoms with Crippen molar-refractivity contribution < 1.29 is 14.6 Å². The highest BCUT2D eigenvalue weighted by molar-refractivity contribution is 5.76. The Bertz CT molecular complexity index is 415. The first-order chi connectivity index (χ1) is 9.15. The first-order valence-corrected chi connectivity index (χ1v) is 6.58. The second-order valence-electron chi connectivity index (χ2n) is 4.88. The summed E-state index contributed by atoms with van der Waals surface area (Å²) in [6, 6.07) is 7.04. The maximum absolute atomic E-state index is 11.5. The van der Waals surface area contributed by atoms with Crippen LogP contribution in [0.15, 0.2) is 24.3 Å².